The van der Waals surface area contributed by atoms with Crippen molar-refractivity contribution in [3.63, 3.8) is 0 Å². The van der Waals surface area contributed by atoms with E-state index in [-0.39, 0.29) is 5.75 Å². The molecule has 0 spiro atoms. The molecule has 1 aliphatic rings. The number of halogens is 3. The molecule has 1 fully saturated rings. The van der Waals surface area contributed by atoms with Crippen LogP contribution >= 0.6 is 11.8 Å². The number of benzene rings is 3. The molecule has 0 unspecified atom stereocenters. The molecule has 0 aliphatic carbocycles. The molecule has 6 nitrogen and oxygen atoms in total. The van der Waals surface area contributed by atoms with Gasteiger partial charge < -0.3 is 19.3 Å². The molecule has 3 aromatic carbocycles. The molecule has 196 valence electrons. The molecule has 10 heteroatoms. The van der Waals surface area contributed by atoms with Crippen molar-refractivity contribution in [2.24, 2.45) is 0 Å². The Labute approximate surface area is 217 Å². The van der Waals surface area contributed by atoms with Crippen LogP contribution in [0, 0.1) is 6.92 Å². The van der Waals surface area contributed by atoms with Gasteiger partial charge in [-0.3, -0.25) is 4.90 Å². The van der Waals surface area contributed by atoms with Crippen LogP contribution in [0.1, 0.15) is 16.7 Å². The molecule has 1 aliphatic heterocycles. The van der Waals surface area contributed by atoms with Crippen molar-refractivity contribution in [3.05, 3.63) is 77.4 Å². The highest BCUT2D eigenvalue weighted by molar-refractivity contribution is 7.99. The molecule has 0 bridgehead atoms. The van der Waals surface area contributed by atoms with Gasteiger partial charge in [0, 0.05) is 29.4 Å². The molecule has 0 radical (unpaired) electrons. The van der Waals surface area contributed by atoms with Gasteiger partial charge in [0.2, 0.25) is 0 Å². The fraction of sp³-hybridized carbons (Fsp3) is 0.296. The van der Waals surface area contributed by atoms with Crippen molar-refractivity contribution in [3.8, 4) is 17.2 Å². The molecule has 0 atom stereocenters. The number of hydrogen-bond donors (Lipinski definition) is 1. The summed E-state index contributed by atoms with van der Waals surface area (Å²) in [5.74, 6) is -0.0274. The second-order valence-electron chi connectivity index (χ2n) is 8.54. The van der Waals surface area contributed by atoms with Crippen molar-refractivity contribution in [1.29, 1.82) is 0 Å². The van der Waals surface area contributed by atoms with E-state index < -0.39 is 24.3 Å². The molecular weight excluding hydrogens is 507 g/mol. The maximum atomic E-state index is 13.2. The first-order valence-corrected chi connectivity index (χ1v) is 12.4. The third-order valence-corrected chi connectivity index (χ3v) is 6.54. The van der Waals surface area contributed by atoms with Crippen molar-refractivity contribution in [2.75, 3.05) is 32.9 Å². The van der Waals surface area contributed by atoms with E-state index in [4.69, 9.17) is 19.3 Å². The topological polar surface area (TPSA) is 68.2 Å². The van der Waals surface area contributed by atoms with E-state index in [0.717, 1.165) is 46.1 Å². The van der Waals surface area contributed by atoms with Crippen LogP contribution in [0.25, 0.3) is 0 Å². The fourth-order valence-electron chi connectivity index (χ4n) is 3.85. The average Bonchev–Trinajstić information content (AvgIpc) is 2.83. The van der Waals surface area contributed by atoms with E-state index in [0.29, 0.717) is 31.3 Å². The SMILES string of the molecule is Cc1cc(Sc2cc(CN3CCOCC3)cc(Oc3cccc(C(F)(F)F)c3)c2)ccc1OCC(=O)O. The number of rotatable bonds is 9. The minimum Gasteiger partial charge on any atom is -0.482 e. The Morgan fingerprint density at radius 1 is 1.03 bits per heavy atom. The van der Waals surface area contributed by atoms with Gasteiger partial charge >= 0.3 is 12.1 Å². The standard InChI is InChI=1S/C27H26F3NO5S/c1-18-11-23(5-6-25(18)35-17-26(32)33)37-24-13-19(16-31-7-9-34-10-8-31)12-22(15-24)36-21-4-2-3-20(14-21)27(28,29)30/h2-6,11-15H,7-10,16-17H2,1H3,(H,32,33). The number of carboxylic acid groups (broad SMARTS) is 1. The number of morpholine rings is 1. The summed E-state index contributed by atoms with van der Waals surface area (Å²) in [5.41, 5.74) is 0.980. The lowest BCUT2D eigenvalue weighted by Crippen LogP contribution is -2.35. The predicted molar refractivity (Wildman–Crippen MR) is 132 cm³/mol. The second-order valence-corrected chi connectivity index (χ2v) is 9.69. The third kappa shape index (κ3) is 7.88. The van der Waals surface area contributed by atoms with Gasteiger partial charge in [-0.15, -0.1) is 0 Å². The summed E-state index contributed by atoms with van der Waals surface area (Å²) in [6, 6.07) is 15.9. The normalized spacial score (nSPS) is 14.4. The zero-order valence-electron chi connectivity index (χ0n) is 20.1. The van der Waals surface area contributed by atoms with E-state index >= 15 is 0 Å². The number of aliphatic carboxylic acids is 1. The lowest BCUT2D eigenvalue weighted by Gasteiger charge is -2.27. The summed E-state index contributed by atoms with van der Waals surface area (Å²) in [6.45, 7) is 4.94. The summed E-state index contributed by atoms with van der Waals surface area (Å²) in [7, 11) is 0. The number of nitrogens with zero attached hydrogens (tertiary/aromatic N) is 1. The molecule has 0 amide bonds. The number of carbonyl (C=O) groups is 1. The number of hydrogen-bond acceptors (Lipinski definition) is 6. The van der Waals surface area contributed by atoms with Gasteiger partial charge in [-0.25, -0.2) is 4.79 Å². The van der Waals surface area contributed by atoms with Crippen molar-refractivity contribution in [1.82, 2.24) is 4.90 Å². The van der Waals surface area contributed by atoms with E-state index in [1.54, 1.807) is 12.1 Å². The molecular formula is C27H26F3NO5S. The van der Waals surface area contributed by atoms with Gasteiger partial charge in [-0.1, -0.05) is 17.8 Å². The first-order valence-electron chi connectivity index (χ1n) is 11.6. The summed E-state index contributed by atoms with van der Waals surface area (Å²) in [6.07, 6.45) is -4.46. The van der Waals surface area contributed by atoms with Gasteiger partial charge in [-0.2, -0.15) is 13.2 Å². The molecule has 3 aromatic rings. The number of ether oxygens (including phenoxy) is 3. The number of alkyl halides is 3. The van der Waals surface area contributed by atoms with Gasteiger partial charge in [-0.05, 0) is 72.6 Å². The molecule has 1 N–H and O–H groups in total. The molecule has 1 heterocycles. The molecule has 0 aromatic heterocycles. The van der Waals surface area contributed by atoms with Crippen molar-refractivity contribution < 1.29 is 37.3 Å². The number of carboxylic acids is 1. The molecule has 4 rings (SSSR count). The van der Waals surface area contributed by atoms with E-state index in [9.17, 15) is 18.0 Å². The molecule has 0 saturated carbocycles. The number of aryl methyl sites for hydroxylation is 1. The van der Waals surface area contributed by atoms with E-state index in [2.05, 4.69) is 4.90 Å². The summed E-state index contributed by atoms with van der Waals surface area (Å²) < 4.78 is 56.1. The van der Waals surface area contributed by atoms with Crippen LogP contribution in [0.4, 0.5) is 13.2 Å². The van der Waals surface area contributed by atoms with Crippen LogP contribution < -0.4 is 9.47 Å². The van der Waals surface area contributed by atoms with E-state index in [1.807, 2.05) is 31.2 Å². The summed E-state index contributed by atoms with van der Waals surface area (Å²) in [5, 5.41) is 8.84. The third-order valence-electron chi connectivity index (χ3n) is 5.58. The first kappa shape index (κ1) is 26.8. The Morgan fingerprint density at radius 3 is 2.51 bits per heavy atom. The van der Waals surface area contributed by atoms with Crippen molar-refractivity contribution in [2.45, 2.75) is 29.4 Å². The van der Waals surface area contributed by atoms with Crippen LogP contribution in [0.5, 0.6) is 17.2 Å². The largest absolute Gasteiger partial charge is 0.482 e. The zero-order chi connectivity index (χ0) is 26.4. The zero-order valence-corrected chi connectivity index (χ0v) is 20.9. The Bertz CT molecular complexity index is 1240. The molecule has 37 heavy (non-hydrogen) atoms. The van der Waals surface area contributed by atoms with Crippen LogP contribution in [0.2, 0.25) is 0 Å². The Hall–Kier alpha value is -3.21. The van der Waals surface area contributed by atoms with E-state index in [1.165, 1.54) is 23.9 Å². The highest BCUT2D eigenvalue weighted by Crippen LogP contribution is 2.37. The summed E-state index contributed by atoms with van der Waals surface area (Å²) >= 11 is 1.47. The first-order chi connectivity index (χ1) is 17.7. The van der Waals surface area contributed by atoms with Gasteiger partial charge in [0.15, 0.2) is 6.61 Å². The smallest absolute Gasteiger partial charge is 0.416 e. The summed E-state index contributed by atoms with van der Waals surface area (Å²) in [4.78, 5) is 14.8. The quantitative estimate of drug-likeness (QED) is 0.349. The molecule has 1 saturated heterocycles. The Balaban J connectivity index is 1.58. The minimum absolute atomic E-state index is 0.102. The minimum atomic E-state index is -4.46. The average molecular weight is 534 g/mol. The van der Waals surface area contributed by atoms with Crippen molar-refractivity contribution >= 4 is 17.7 Å². The van der Waals surface area contributed by atoms with Crippen LogP contribution in [-0.2, 0) is 22.3 Å². The van der Waals surface area contributed by atoms with Gasteiger partial charge in [0.25, 0.3) is 0 Å². The lowest BCUT2D eigenvalue weighted by atomic mass is 10.2. The van der Waals surface area contributed by atoms with Crippen LogP contribution in [0.15, 0.2) is 70.5 Å². The van der Waals surface area contributed by atoms with Crippen LogP contribution in [-0.4, -0.2) is 48.9 Å². The second kappa shape index (κ2) is 11.9. The monoisotopic (exact) mass is 533 g/mol. The lowest BCUT2D eigenvalue weighted by molar-refractivity contribution is -0.139. The maximum Gasteiger partial charge on any atom is 0.416 e. The fourth-order valence-corrected chi connectivity index (χ4v) is 4.88. The van der Waals surface area contributed by atoms with Crippen LogP contribution in [0.3, 0.4) is 0 Å². The maximum absolute atomic E-state index is 13.2. The highest BCUT2D eigenvalue weighted by Gasteiger charge is 2.30. The Morgan fingerprint density at radius 2 is 1.81 bits per heavy atom. The highest BCUT2D eigenvalue weighted by atomic mass is 32.2. The van der Waals surface area contributed by atoms with Gasteiger partial charge in [0.05, 0.1) is 18.8 Å². The Kier molecular flexibility index (Phi) is 8.63. The predicted octanol–water partition coefficient (Wildman–Crippen LogP) is 6.25. The van der Waals surface area contributed by atoms with Gasteiger partial charge in [0.1, 0.15) is 17.2 Å².